The molecule has 17 heavy (non-hydrogen) atoms. The van der Waals surface area contributed by atoms with E-state index in [9.17, 15) is 26.3 Å². The Kier molecular flexibility index (Phi) is 4.38. The molecule has 0 spiro atoms. The van der Waals surface area contributed by atoms with E-state index in [0.29, 0.717) is 6.07 Å². The largest absolute Gasteiger partial charge is 0.417 e. The zero-order valence-electron chi connectivity index (χ0n) is 7.89. The fraction of sp³-hybridized carbons (Fsp3) is 0.333. The van der Waals surface area contributed by atoms with Crippen molar-refractivity contribution in [2.75, 3.05) is 0 Å². The lowest BCUT2D eigenvalue weighted by molar-refractivity contribution is -0.162. The lowest BCUT2D eigenvalue weighted by Crippen LogP contribution is -2.19. The Morgan fingerprint density at radius 3 is 1.88 bits per heavy atom. The zero-order valence-corrected chi connectivity index (χ0v) is 11.6. The summed E-state index contributed by atoms with van der Waals surface area (Å²) in [6.45, 7) is 0. The topological polar surface area (TPSA) is 0 Å². The highest BCUT2D eigenvalue weighted by Crippen LogP contribution is 2.43. The van der Waals surface area contributed by atoms with Crippen molar-refractivity contribution in [2.24, 2.45) is 0 Å². The standard InChI is InChI=1S/C9H4BrF6I/c10-3-4-1-5(17)2-6(8(11,12)13)7(4)9(14,15)16/h1-2H,3H2. The van der Waals surface area contributed by atoms with Crippen molar-refractivity contribution < 1.29 is 26.3 Å². The maximum absolute atomic E-state index is 12.6. The Labute approximate surface area is 115 Å². The van der Waals surface area contributed by atoms with Gasteiger partial charge in [0.05, 0.1) is 11.1 Å². The minimum Gasteiger partial charge on any atom is -0.166 e. The van der Waals surface area contributed by atoms with E-state index in [0.717, 1.165) is 6.07 Å². The summed E-state index contributed by atoms with van der Waals surface area (Å²) in [5.74, 6) is 0. The van der Waals surface area contributed by atoms with Crippen molar-refractivity contribution in [3.05, 3.63) is 32.4 Å². The van der Waals surface area contributed by atoms with Gasteiger partial charge in [0, 0.05) is 8.90 Å². The molecule has 1 rings (SSSR count). The second-order valence-electron chi connectivity index (χ2n) is 3.12. The summed E-state index contributed by atoms with van der Waals surface area (Å²) in [6.07, 6.45) is -10.1. The van der Waals surface area contributed by atoms with Gasteiger partial charge in [-0.1, -0.05) is 15.9 Å². The van der Waals surface area contributed by atoms with Gasteiger partial charge in [-0.3, -0.25) is 0 Å². The average molecular weight is 433 g/mol. The second-order valence-corrected chi connectivity index (χ2v) is 4.92. The quantitative estimate of drug-likeness (QED) is 0.324. The maximum Gasteiger partial charge on any atom is 0.417 e. The van der Waals surface area contributed by atoms with Gasteiger partial charge in [0.1, 0.15) is 0 Å². The van der Waals surface area contributed by atoms with Crippen LogP contribution in [0.3, 0.4) is 0 Å². The van der Waals surface area contributed by atoms with E-state index < -0.39 is 29.0 Å². The molecule has 0 amide bonds. The first kappa shape index (κ1) is 15.1. The lowest BCUT2D eigenvalue weighted by Gasteiger charge is -2.18. The van der Waals surface area contributed by atoms with Crippen LogP contribution in [-0.2, 0) is 17.7 Å². The van der Waals surface area contributed by atoms with Crippen molar-refractivity contribution in [3.63, 3.8) is 0 Å². The third-order valence-corrected chi connectivity index (χ3v) is 3.14. The Morgan fingerprint density at radius 2 is 1.53 bits per heavy atom. The Morgan fingerprint density at radius 1 is 1.00 bits per heavy atom. The van der Waals surface area contributed by atoms with E-state index in [1.807, 2.05) is 0 Å². The molecule has 0 atom stereocenters. The molecule has 0 aromatic heterocycles. The summed E-state index contributed by atoms with van der Waals surface area (Å²) in [5, 5.41) is -0.290. The number of halogens is 8. The predicted molar refractivity (Wildman–Crippen MR) is 61.8 cm³/mol. The van der Waals surface area contributed by atoms with E-state index in [2.05, 4.69) is 15.9 Å². The highest BCUT2D eigenvalue weighted by atomic mass is 127. The maximum atomic E-state index is 12.6. The van der Waals surface area contributed by atoms with Crippen LogP contribution in [0, 0.1) is 3.57 Å². The molecule has 0 bridgehead atoms. The first-order valence-electron chi connectivity index (χ1n) is 4.10. The van der Waals surface area contributed by atoms with Gasteiger partial charge in [-0.15, -0.1) is 0 Å². The van der Waals surface area contributed by atoms with E-state index in [1.165, 1.54) is 0 Å². The number of rotatable bonds is 1. The molecule has 0 aliphatic carbocycles. The number of benzene rings is 1. The number of alkyl halides is 7. The van der Waals surface area contributed by atoms with Crippen molar-refractivity contribution in [2.45, 2.75) is 17.7 Å². The van der Waals surface area contributed by atoms with Crippen LogP contribution in [0.2, 0.25) is 0 Å². The summed E-state index contributed by atoms with van der Waals surface area (Å²) in [4.78, 5) is 0. The number of hydrogen-bond acceptors (Lipinski definition) is 0. The molecule has 1 aromatic carbocycles. The number of hydrogen-bond donors (Lipinski definition) is 0. The lowest BCUT2D eigenvalue weighted by atomic mass is 10.0. The summed E-state index contributed by atoms with van der Waals surface area (Å²) in [6, 6.07) is 1.57. The molecule has 0 N–H and O–H groups in total. The van der Waals surface area contributed by atoms with Crippen LogP contribution in [0.1, 0.15) is 16.7 Å². The van der Waals surface area contributed by atoms with Crippen LogP contribution < -0.4 is 0 Å². The van der Waals surface area contributed by atoms with Crippen LogP contribution in [-0.4, -0.2) is 0 Å². The van der Waals surface area contributed by atoms with Crippen molar-refractivity contribution in [3.8, 4) is 0 Å². The van der Waals surface area contributed by atoms with Crippen molar-refractivity contribution in [1.82, 2.24) is 0 Å². The molecule has 0 nitrogen and oxygen atoms in total. The SMILES string of the molecule is FC(F)(F)c1cc(I)cc(CBr)c1C(F)(F)F. The minimum absolute atomic E-state index is 0.109. The van der Waals surface area contributed by atoms with E-state index >= 15 is 0 Å². The van der Waals surface area contributed by atoms with Crippen molar-refractivity contribution >= 4 is 38.5 Å². The average Bonchev–Trinajstić information content (AvgIpc) is 2.12. The molecular weight excluding hydrogens is 429 g/mol. The molecule has 8 heteroatoms. The normalized spacial score (nSPS) is 12.9. The highest BCUT2D eigenvalue weighted by molar-refractivity contribution is 14.1. The third kappa shape index (κ3) is 3.49. The van der Waals surface area contributed by atoms with Crippen molar-refractivity contribution in [1.29, 1.82) is 0 Å². The Bertz CT molecular complexity index is 423. The molecule has 0 heterocycles. The summed E-state index contributed by atoms with van der Waals surface area (Å²) < 4.78 is 75.7. The molecule has 0 aliphatic heterocycles. The molecular formula is C9H4BrF6I. The zero-order chi connectivity index (χ0) is 13.4. The van der Waals surface area contributed by atoms with Gasteiger partial charge < -0.3 is 0 Å². The Hall–Kier alpha value is 0.01000. The van der Waals surface area contributed by atoms with E-state index in [4.69, 9.17) is 0 Å². The molecule has 0 radical (unpaired) electrons. The molecule has 0 aliphatic rings. The van der Waals surface area contributed by atoms with Gasteiger partial charge in [0.15, 0.2) is 0 Å². The van der Waals surface area contributed by atoms with Gasteiger partial charge in [-0.05, 0) is 40.3 Å². The van der Waals surface area contributed by atoms with Gasteiger partial charge in [-0.25, -0.2) is 0 Å². The minimum atomic E-state index is -5.03. The van der Waals surface area contributed by atoms with E-state index in [1.54, 1.807) is 22.6 Å². The predicted octanol–water partition coefficient (Wildman–Crippen LogP) is 5.22. The molecule has 0 saturated carbocycles. The smallest absolute Gasteiger partial charge is 0.166 e. The first-order chi connectivity index (χ1) is 7.57. The van der Waals surface area contributed by atoms with Gasteiger partial charge in [-0.2, -0.15) is 26.3 Å². The molecule has 96 valence electrons. The van der Waals surface area contributed by atoms with Crippen LogP contribution >= 0.6 is 38.5 Å². The van der Waals surface area contributed by atoms with Crippen LogP contribution in [0.5, 0.6) is 0 Å². The fourth-order valence-corrected chi connectivity index (χ4v) is 2.46. The van der Waals surface area contributed by atoms with Gasteiger partial charge in [0.25, 0.3) is 0 Å². The summed E-state index contributed by atoms with van der Waals surface area (Å²) in [5.41, 5.74) is -3.69. The molecule has 1 aromatic rings. The van der Waals surface area contributed by atoms with Crippen LogP contribution in [0.15, 0.2) is 12.1 Å². The summed E-state index contributed by atoms with van der Waals surface area (Å²) in [7, 11) is 0. The van der Waals surface area contributed by atoms with Crippen LogP contribution in [0.4, 0.5) is 26.3 Å². The Balaban J connectivity index is 3.63. The van der Waals surface area contributed by atoms with Crippen LogP contribution in [0.25, 0.3) is 0 Å². The summed E-state index contributed by atoms with van der Waals surface area (Å²) >= 11 is 4.32. The fourth-order valence-electron chi connectivity index (χ4n) is 1.33. The van der Waals surface area contributed by atoms with E-state index in [-0.39, 0.29) is 8.90 Å². The second kappa shape index (κ2) is 4.94. The van der Waals surface area contributed by atoms with Gasteiger partial charge in [0.2, 0.25) is 0 Å². The van der Waals surface area contributed by atoms with Gasteiger partial charge >= 0.3 is 12.4 Å². The molecule has 0 saturated heterocycles. The molecule has 0 fully saturated rings. The highest BCUT2D eigenvalue weighted by Gasteiger charge is 2.44. The monoisotopic (exact) mass is 432 g/mol. The molecule has 0 unspecified atom stereocenters. The first-order valence-corrected chi connectivity index (χ1v) is 6.30. The third-order valence-electron chi connectivity index (χ3n) is 1.92.